The summed E-state index contributed by atoms with van der Waals surface area (Å²) in [6.45, 7) is 8.41. The Morgan fingerprint density at radius 2 is 1.67 bits per heavy atom. The van der Waals surface area contributed by atoms with E-state index < -0.39 is 0 Å². The lowest BCUT2D eigenvalue weighted by Crippen LogP contribution is -2.44. The summed E-state index contributed by atoms with van der Waals surface area (Å²) in [6.07, 6.45) is 2.01. The summed E-state index contributed by atoms with van der Waals surface area (Å²) in [5.74, 6) is -0.0111. The van der Waals surface area contributed by atoms with Gasteiger partial charge in [-0.2, -0.15) is 0 Å². The van der Waals surface area contributed by atoms with Crippen molar-refractivity contribution in [2.24, 2.45) is 0 Å². The fourth-order valence-electron chi connectivity index (χ4n) is 5.09. The predicted octanol–water partition coefficient (Wildman–Crippen LogP) is 6.98. The van der Waals surface area contributed by atoms with Crippen molar-refractivity contribution in [1.29, 1.82) is 0 Å². The fourth-order valence-corrected chi connectivity index (χ4v) is 5.27. The van der Waals surface area contributed by atoms with E-state index in [2.05, 4.69) is 77.9 Å². The van der Waals surface area contributed by atoms with E-state index in [1.165, 1.54) is 10.8 Å². The average molecular weight is 523 g/mol. The number of nitrogens with zero attached hydrogens (tertiary/aromatic N) is 1. The van der Waals surface area contributed by atoms with Gasteiger partial charge in [0.05, 0.1) is 11.3 Å². The van der Waals surface area contributed by atoms with Crippen molar-refractivity contribution in [3.8, 4) is 11.1 Å². The second-order valence-electron chi connectivity index (χ2n) is 9.32. The normalized spacial score (nSPS) is 13.6. The molecule has 1 saturated heterocycles. The molecule has 1 aliphatic heterocycles. The third-order valence-electron chi connectivity index (χ3n) is 7.03. The van der Waals surface area contributed by atoms with Crippen LogP contribution in [0.2, 0.25) is 5.02 Å². The summed E-state index contributed by atoms with van der Waals surface area (Å²) in [6, 6.07) is 21.1. The van der Waals surface area contributed by atoms with Gasteiger partial charge < -0.3 is 15.5 Å². The molecule has 0 spiro atoms. The summed E-state index contributed by atoms with van der Waals surface area (Å²) in [5.41, 5.74) is 4.90. The number of unbranched alkanes of at least 4 members (excludes halogenated alkanes) is 1. The SMILES string of the molecule is CCCCNC(=O)c1cc(-c2cccc(Cl)c2C)c2cc3ccccc3cc2c1N1CCNCC1.Cl. The quantitative estimate of drug-likeness (QED) is 0.212. The number of carbonyl (C=O) groups excluding carboxylic acids is 1. The first-order valence-corrected chi connectivity index (χ1v) is 12.9. The number of nitrogens with one attached hydrogen (secondary N) is 2. The van der Waals surface area contributed by atoms with Gasteiger partial charge in [0.25, 0.3) is 5.91 Å². The highest BCUT2D eigenvalue weighted by Crippen LogP contribution is 2.42. The minimum Gasteiger partial charge on any atom is -0.368 e. The van der Waals surface area contributed by atoms with E-state index in [0.717, 1.165) is 82.8 Å². The van der Waals surface area contributed by atoms with Crippen molar-refractivity contribution < 1.29 is 4.79 Å². The molecule has 1 amide bonds. The van der Waals surface area contributed by atoms with Gasteiger partial charge >= 0.3 is 0 Å². The molecule has 0 saturated carbocycles. The molecule has 188 valence electrons. The minimum atomic E-state index is -0.0111. The van der Waals surface area contributed by atoms with E-state index in [-0.39, 0.29) is 18.3 Å². The van der Waals surface area contributed by atoms with Crippen LogP contribution in [-0.4, -0.2) is 38.6 Å². The van der Waals surface area contributed by atoms with Crippen molar-refractivity contribution in [2.45, 2.75) is 26.7 Å². The number of benzene rings is 4. The Labute approximate surface area is 224 Å². The van der Waals surface area contributed by atoms with Crippen molar-refractivity contribution in [2.75, 3.05) is 37.6 Å². The Balaban J connectivity index is 0.00000304. The number of hydrogen-bond acceptors (Lipinski definition) is 3. The zero-order valence-corrected chi connectivity index (χ0v) is 22.4. The lowest BCUT2D eigenvalue weighted by atomic mass is 9.89. The number of fused-ring (bicyclic) bond motifs is 2. The maximum absolute atomic E-state index is 13.6. The Morgan fingerprint density at radius 1 is 0.972 bits per heavy atom. The van der Waals surface area contributed by atoms with Crippen LogP contribution >= 0.6 is 24.0 Å². The molecule has 4 nitrogen and oxygen atoms in total. The van der Waals surface area contributed by atoms with Crippen LogP contribution < -0.4 is 15.5 Å². The number of carbonyl (C=O) groups is 1. The van der Waals surface area contributed by atoms with Crippen molar-refractivity contribution in [3.63, 3.8) is 0 Å². The lowest BCUT2D eigenvalue weighted by molar-refractivity contribution is 0.0953. The molecule has 0 unspecified atom stereocenters. The van der Waals surface area contributed by atoms with Crippen LogP contribution in [0.4, 0.5) is 5.69 Å². The van der Waals surface area contributed by atoms with Crippen molar-refractivity contribution in [1.82, 2.24) is 10.6 Å². The zero-order chi connectivity index (χ0) is 24.4. The van der Waals surface area contributed by atoms with Gasteiger partial charge in [0.2, 0.25) is 0 Å². The van der Waals surface area contributed by atoms with Crippen LogP contribution in [0.15, 0.2) is 60.7 Å². The van der Waals surface area contributed by atoms with E-state index in [9.17, 15) is 4.79 Å². The van der Waals surface area contributed by atoms with Crippen LogP contribution in [0.25, 0.3) is 32.7 Å². The summed E-state index contributed by atoms with van der Waals surface area (Å²) in [7, 11) is 0. The Bertz CT molecular complexity index is 1400. The van der Waals surface area contributed by atoms with Crippen molar-refractivity contribution >= 4 is 57.1 Å². The average Bonchev–Trinajstić information content (AvgIpc) is 2.89. The lowest BCUT2D eigenvalue weighted by Gasteiger charge is -2.33. The van der Waals surface area contributed by atoms with Gasteiger partial charge in [-0.1, -0.05) is 61.3 Å². The summed E-state index contributed by atoms with van der Waals surface area (Å²) in [5, 5.41) is 12.0. The molecule has 4 aromatic rings. The molecule has 0 aromatic heterocycles. The van der Waals surface area contributed by atoms with E-state index in [1.807, 2.05) is 12.1 Å². The molecule has 1 heterocycles. The molecule has 4 aromatic carbocycles. The number of halogens is 2. The summed E-state index contributed by atoms with van der Waals surface area (Å²) in [4.78, 5) is 16.0. The van der Waals surface area contributed by atoms with Gasteiger partial charge in [-0.15, -0.1) is 12.4 Å². The molecule has 0 radical (unpaired) electrons. The molecular weight excluding hydrogens is 489 g/mol. The van der Waals surface area contributed by atoms with Gasteiger partial charge in [-0.05, 0) is 70.5 Å². The Hall–Kier alpha value is -2.79. The zero-order valence-electron chi connectivity index (χ0n) is 20.9. The topological polar surface area (TPSA) is 44.4 Å². The highest BCUT2D eigenvalue weighted by atomic mass is 35.5. The molecule has 0 bridgehead atoms. The minimum absolute atomic E-state index is 0. The van der Waals surface area contributed by atoms with E-state index in [1.54, 1.807) is 0 Å². The van der Waals surface area contributed by atoms with Gasteiger partial charge in [0.15, 0.2) is 0 Å². The van der Waals surface area contributed by atoms with Gasteiger partial charge in [0, 0.05) is 43.1 Å². The molecule has 0 aliphatic carbocycles. The third kappa shape index (κ3) is 5.04. The van der Waals surface area contributed by atoms with Gasteiger partial charge in [-0.3, -0.25) is 4.79 Å². The first kappa shape index (κ1) is 26.3. The Kier molecular flexibility index (Phi) is 8.40. The number of rotatable bonds is 6. The molecule has 2 N–H and O–H groups in total. The maximum Gasteiger partial charge on any atom is 0.253 e. The van der Waals surface area contributed by atoms with Crippen LogP contribution in [0.3, 0.4) is 0 Å². The molecule has 6 heteroatoms. The second kappa shape index (κ2) is 11.5. The molecule has 0 atom stereocenters. The molecule has 1 aliphatic rings. The van der Waals surface area contributed by atoms with Crippen LogP contribution in [0, 0.1) is 6.92 Å². The van der Waals surface area contributed by atoms with E-state index in [4.69, 9.17) is 11.6 Å². The highest BCUT2D eigenvalue weighted by Gasteiger charge is 2.24. The van der Waals surface area contributed by atoms with Crippen LogP contribution in [0.5, 0.6) is 0 Å². The molecule has 1 fully saturated rings. The number of piperazine rings is 1. The molecule has 5 rings (SSSR count). The number of amides is 1. The van der Waals surface area contributed by atoms with Crippen molar-refractivity contribution in [3.05, 3.63) is 76.8 Å². The number of hydrogen-bond donors (Lipinski definition) is 2. The first-order chi connectivity index (χ1) is 17.1. The summed E-state index contributed by atoms with van der Waals surface area (Å²) >= 11 is 6.56. The number of anilines is 1. The smallest absolute Gasteiger partial charge is 0.253 e. The summed E-state index contributed by atoms with van der Waals surface area (Å²) < 4.78 is 0. The van der Waals surface area contributed by atoms with Crippen LogP contribution in [-0.2, 0) is 0 Å². The van der Waals surface area contributed by atoms with E-state index in [0.29, 0.717) is 6.54 Å². The third-order valence-corrected chi connectivity index (χ3v) is 7.44. The highest BCUT2D eigenvalue weighted by molar-refractivity contribution is 6.32. The maximum atomic E-state index is 13.6. The standard InChI is InChI=1S/C30H32ClN3O.ClH/c1-3-4-12-33-30(35)27-19-25(23-10-7-11-28(31)20(23)2)24-17-21-8-5-6-9-22(21)18-26(24)29(27)34-15-13-32-14-16-34;/h5-11,17-19,32H,3-4,12-16H2,1-2H3,(H,33,35);1H. The second-order valence-corrected chi connectivity index (χ2v) is 9.73. The first-order valence-electron chi connectivity index (χ1n) is 12.6. The largest absolute Gasteiger partial charge is 0.368 e. The fraction of sp³-hybridized carbons (Fsp3) is 0.300. The predicted molar refractivity (Wildman–Crippen MR) is 156 cm³/mol. The van der Waals surface area contributed by atoms with Crippen LogP contribution in [0.1, 0.15) is 35.7 Å². The molecular formula is C30H33Cl2N3O. The van der Waals surface area contributed by atoms with Gasteiger partial charge in [-0.25, -0.2) is 0 Å². The van der Waals surface area contributed by atoms with Gasteiger partial charge in [0.1, 0.15) is 0 Å². The monoisotopic (exact) mass is 521 g/mol. The van der Waals surface area contributed by atoms with E-state index >= 15 is 0 Å². The Morgan fingerprint density at radius 3 is 2.36 bits per heavy atom. The molecule has 36 heavy (non-hydrogen) atoms.